The Bertz CT molecular complexity index is 1360. The lowest BCUT2D eigenvalue weighted by Crippen LogP contribution is -2.44. The molecule has 0 aromatic carbocycles. The van der Waals surface area contributed by atoms with Crippen LogP contribution in [-0.2, 0) is 0 Å². The molecule has 0 saturated heterocycles. The molecular formula is C22H20ClN7O3. The van der Waals surface area contributed by atoms with Crippen LogP contribution in [0.2, 0.25) is 5.02 Å². The van der Waals surface area contributed by atoms with Gasteiger partial charge in [-0.2, -0.15) is 0 Å². The number of amides is 1. The van der Waals surface area contributed by atoms with Crippen molar-refractivity contribution in [2.75, 3.05) is 17.7 Å². The van der Waals surface area contributed by atoms with Crippen molar-refractivity contribution in [2.24, 2.45) is 0 Å². The van der Waals surface area contributed by atoms with Gasteiger partial charge < -0.3 is 25.1 Å². The first-order chi connectivity index (χ1) is 15.9. The Balaban J connectivity index is 1.63. The number of pyridine rings is 2. The van der Waals surface area contributed by atoms with E-state index >= 15 is 0 Å². The molecule has 2 bridgehead atoms. The van der Waals surface area contributed by atoms with Gasteiger partial charge in [-0.25, -0.2) is 19.9 Å². The Morgan fingerprint density at radius 3 is 2.85 bits per heavy atom. The third-order valence-corrected chi connectivity index (χ3v) is 5.58. The van der Waals surface area contributed by atoms with E-state index in [1.54, 1.807) is 18.2 Å². The van der Waals surface area contributed by atoms with Crippen molar-refractivity contribution in [2.45, 2.75) is 26.1 Å². The second-order valence-corrected chi connectivity index (χ2v) is 8.03. The van der Waals surface area contributed by atoms with Crippen molar-refractivity contribution in [1.82, 2.24) is 25.3 Å². The van der Waals surface area contributed by atoms with Crippen LogP contribution in [-0.4, -0.2) is 45.2 Å². The average Bonchev–Trinajstić information content (AvgIpc) is 3.14. The van der Waals surface area contributed by atoms with Gasteiger partial charge in [-0.1, -0.05) is 11.6 Å². The van der Waals surface area contributed by atoms with Gasteiger partial charge in [0.15, 0.2) is 12.0 Å². The van der Waals surface area contributed by atoms with E-state index in [0.29, 0.717) is 50.5 Å². The number of furan rings is 1. The maximum atomic E-state index is 12.7. The van der Waals surface area contributed by atoms with Gasteiger partial charge >= 0.3 is 0 Å². The summed E-state index contributed by atoms with van der Waals surface area (Å²) in [6.07, 6.45) is 2.35. The Hall–Kier alpha value is -3.76. The van der Waals surface area contributed by atoms with Crippen LogP contribution < -0.4 is 20.7 Å². The van der Waals surface area contributed by atoms with Gasteiger partial charge in [0.05, 0.1) is 16.8 Å². The first kappa shape index (κ1) is 21.1. The lowest BCUT2D eigenvalue weighted by Gasteiger charge is -2.25. The number of carbonyl (C=O) groups is 1. The molecule has 2 atom stereocenters. The Kier molecular flexibility index (Phi) is 5.31. The Morgan fingerprint density at radius 2 is 2.09 bits per heavy atom. The standard InChI is InChI=1S/C22H20ClN7O3/c1-10(24-3)21-30-16-7-12(18-17-19(33-21)11(2)32-22(17)27-9-26-18)6-15(28-16)29-20(31)14-5-4-13(23)8-25-14/h4-10,21,24H,1-3H3,(H2,28,29,30,31). The maximum Gasteiger partial charge on any atom is 0.275 e. The number of ether oxygens (including phenoxy) is 1. The van der Waals surface area contributed by atoms with Crippen LogP contribution in [0.15, 0.2) is 41.2 Å². The molecule has 10 nitrogen and oxygen atoms in total. The Morgan fingerprint density at radius 1 is 1.24 bits per heavy atom. The third-order valence-electron chi connectivity index (χ3n) is 5.35. The topological polar surface area (TPSA) is 127 Å². The molecule has 0 saturated carbocycles. The number of hydrogen-bond acceptors (Lipinski definition) is 9. The molecule has 3 N–H and O–H groups in total. The minimum atomic E-state index is -0.495. The fourth-order valence-corrected chi connectivity index (χ4v) is 3.67. The summed E-state index contributed by atoms with van der Waals surface area (Å²) in [4.78, 5) is 30.1. The summed E-state index contributed by atoms with van der Waals surface area (Å²) >= 11 is 5.87. The van der Waals surface area contributed by atoms with Crippen LogP contribution in [0.1, 0.15) is 23.2 Å². The van der Waals surface area contributed by atoms with Gasteiger partial charge in [0, 0.05) is 11.8 Å². The summed E-state index contributed by atoms with van der Waals surface area (Å²) in [5.41, 5.74) is 1.95. The number of rotatable bonds is 4. The molecule has 5 rings (SSSR count). The summed E-state index contributed by atoms with van der Waals surface area (Å²) in [5, 5.41) is 10.4. The second kappa shape index (κ2) is 8.30. The van der Waals surface area contributed by atoms with Crippen LogP contribution in [0.3, 0.4) is 0 Å². The quantitative estimate of drug-likeness (QED) is 0.414. The van der Waals surface area contributed by atoms with E-state index in [-0.39, 0.29) is 11.7 Å². The number of aryl methyl sites for hydroxylation is 1. The van der Waals surface area contributed by atoms with Crippen molar-refractivity contribution < 1.29 is 13.9 Å². The van der Waals surface area contributed by atoms with E-state index in [1.807, 2.05) is 27.0 Å². The number of fused-ring (bicyclic) bond motifs is 3. The molecule has 33 heavy (non-hydrogen) atoms. The van der Waals surface area contributed by atoms with E-state index in [4.69, 9.17) is 20.8 Å². The molecule has 5 heterocycles. The van der Waals surface area contributed by atoms with Crippen LogP contribution >= 0.6 is 11.6 Å². The molecule has 0 aliphatic carbocycles. The van der Waals surface area contributed by atoms with Crippen LogP contribution in [0.5, 0.6) is 5.75 Å². The van der Waals surface area contributed by atoms with Crippen LogP contribution in [0.4, 0.5) is 11.6 Å². The number of likely N-dealkylation sites (N-methyl/N-ethyl adjacent to an activating group) is 1. The minimum Gasteiger partial charge on any atom is -0.465 e. The van der Waals surface area contributed by atoms with Crippen molar-refractivity contribution in [3.05, 3.63) is 53.3 Å². The van der Waals surface area contributed by atoms with Gasteiger partial charge in [0.25, 0.3) is 5.91 Å². The summed E-state index contributed by atoms with van der Waals surface area (Å²) in [6.45, 7) is 3.79. The van der Waals surface area contributed by atoms with Gasteiger partial charge in [-0.3, -0.25) is 4.79 Å². The third kappa shape index (κ3) is 3.94. The lowest BCUT2D eigenvalue weighted by molar-refractivity contribution is 0.102. The van der Waals surface area contributed by atoms with E-state index in [0.717, 1.165) is 0 Å². The molecule has 0 fully saturated rings. The van der Waals surface area contributed by atoms with Crippen LogP contribution in [0.25, 0.3) is 22.4 Å². The Labute approximate surface area is 193 Å². The fourth-order valence-electron chi connectivity index (χ4n) is 3.56. The largest absolute Gasteiger partial charge is 0.465 e. The molecule has 11 heteroatoms. The van der Waals surface area contributed by atoms with E-state index in [9.17, 15) is 4.79 Å². The summed E-state index contributed by atoms with van der Waals surface area (Å²) in [7, 11) is 1.84. The van der Waals surface area contributed by atoms with E-state index < -0.39 is 12.1 Å². The SMILES string of the molecule is CNC(C)C1Nc2cc(cc(NC(=O)c3ccc(Cl)cn3)n2)-c2ncnc3oc(C)c(c23)O1. The lowest BCUT2D eigenvalue weighted by atomic mass is 10.1. The summed E-state index contributed by atoms with van der Waals surface area (Å²) in [6, 6.07) is 6.62. The summed E-state index contributed by atoms with van der Waals surface area (Å²) < 4.78 is 12.2. The normalized spacial score (nSPS) is 15.6. The molecule has 4 aromatic heterocycles. The highest BCUT2D eigenvalue weighted by Gasteiger charge is 2.28. The molecule has 0 spiro atoms. The molecule has 168 valence electrons. The van der Waals surface area contributed by atoms with Crippen molar-refractivity contribution >= 4 is 40.2 Å². The predicted molar refractivity (Wildman–Crippen MR) is 124 cm³/mol. The highest BCUT2D eigenvalue weighted by atomic mass is 35.5. The minimum absolute atomic E-state index is 0.0951. The monoisotopic (exact) mass is 465 g/mol. The number of halogens is 1. The zero-order chi connectivity index (χ0) is 23.1. The number of nitrogens with zero attached hydrogens (tertiary/aromatic N) is 4. The zero-order valence-corrected chi connectivity index (χ0v) is 18.8. The van der Waals surface area contributed by atoms with Gasteiger partial charge in [0.2, 0.25) is 5.71 Å². The second-order valence-electron chi connectivity index (χ2n) is 7.59. The van der Waals surface area contributed by atoms with Crippen LogP contribution in [0, 0.1) is 6.92 Å². The van der Waals surface area contributed by atoms with Gasteiger partial charge in [-0.15, -0.1) is 0 Å². The number of nitrogens with one attached hydrogen (secondary N) is 3. The highest BCUT2D eigenvalue weighted by Crippen LogP contribution is 2.40. The van der Waals surface area contributed by atoms with Crippen molar-refractivity contribution in [3.63, 3.8) is 0 Å². The van der Waals surface area contributed by atoms with Gasteiger partial charge in [0.1, 0.15) is 34.8 Å². The summed E-state index contributed by atoms with van der Waals surface area (Å²) in [5.74, 6) is 1.56. The highest BCUT2D eigenvalue weighted by molar-refractivity contribution is 6.30. The van der Waals surface area contributed by atoms with Crippen molar-refractivity contribution in [1.29, 1.82) is 0 Å². The first-order valence-electron chi connectivity index (χ1n) is 10.2. The van der Waals surface area contributed by atoms with Gasteiger partial charge in [-0.05, 0) is 45.2 Å². The predicted octanol–water partition coefficient (Wildman–Crippen LogP) is 3.63. The van der Waals surface area contributed by atoms with E-state index in [1.165, 1.54) is 12.5 Å². The molecule has 1 aliphatic heterocycles. The van der Waals surface area contributed by atoms with E-state index in [2.05, 4.69) is 35.9 Å². The molecule has 1 amide bonds. The van der Waals surface area contributed by atoms with Crippen molar-refractivity contribution in [3.8, 4) is 17.0 Å². The number of anilines is 2. The average molecular weight is 466 g/mol. The molecule has 1 aliphatic rings. The fraction of sp³-hybridized carbons (Fsp3) is 0.227. The first-order valence-corrected chi connectivity index (χ1v) is 10.6. The number of aromatic nitrogens is 4. The zero-order valence-electron chi connectivity index (χ0n) is 18.0. The molecular weight excluding hydrogens is 446 g/mol. The molecule has 4 aromatic rings. The smallest absolute Gasteiger partial charge is 0.275 e. The number of carbonyl (C=O) groups excluding carboxylic acids is 1. The molecule has 0 radical (unpaired) electrons. The maximum absolute atomic E-state index is 12.7. The number of hydrogen-bond donors (Lipinski definition) is 3. The molecule has 2 unspecified atom stereocenters.